The fourth-order valence-electron chi connectivity index (χ4n) is 3.75. The predicted octanol–water partition coefficient (Wildman–Crippen LogP) is 4.23. The van der Waals surface area contributed by atoms with E-state index in [0.29, 0.717) is 13.1 Å². The molecule has 6 heteroatoms. The summed E-state index contributed by atoms with van der Waals surface area (Å²) in [5.41, 5.74) is 1.78. The third-order valence-corrected chi connectivity index (χ3v) is 5.15. The lowest BCUT2D eigenvalue weighted by atomic mass is 10.0. The molecule has 0 aliphatic carbocycles. The Hall–Kier alpha value is -2.76. The van der Waals surface area contributed by atoms with E-state index in [0.717, 1.165) is 35.2 Å². The molecule has 1 aliphatic rings. The number of para-hydroxylation sites is 1. The SMILES string of the molecule is Cn1c(C2CCN(C(=O)c3ccc(F)c(F)c3F)C2)cc2ccccc21. The Kier molecular flexibility index (Phi) is 3.98. The van der Waals surface area contributed by atoms with Gasteiger partial charge in [-0.2, -0.15) is 0 Å². The van der Waals surface area contributed by atoms with Crippen LogP contribution in [0.5, 0.6) is 0 Å². The summed E-state index contributed by atoms with van der Waals surface area (Å²) in [7, 11) is 1.98. The van der Waals surface area contributed by atoms with E-state index < -0.39 is 28.9 Å². The largest absolute Gasteiger partial charge is 0.347 e. The molecule has 0 spiro atoms. The monoisotopic (exact) mass is 358 g/mol. The topological polar surface area (TPSA) is 25.2 Å². The van der Waals surface area contributed by atoms with Crippen molar-refractivity contribution in [3.63, 3.8) is 0 Å². The second-order valence-corrected chi connectivity index (χ2v) is 6.65. The molecule has 3 aromatic rings. The molecule has 0 bridgehead atoms. The van der Waals surface area contributed by atoms with Gasteiger partial charge in [-0.15, -0.1) is 0 Å². The number of hydrogen-bond acceptors (Lipinski definition) is 1. The number of halogens is 3. The summed E-state index contributed by atoms with van der Waals surface area (Å²) >= 11 is 0. The van der Waals surface area contributed by atoms with E-state index >= 15 is 0 Å². The zero-order valence-electron chi connectivity index (χ0n) is 14.2. The van der Waals surface area contributed by atoms with Crippen LogP contribution in [0.2, 0.25) is 0 Å². The van der Waals surface area contributed by atoms with Crippen molar-refractivity contribution in [1.82, 2.24) is 9.47 Å². The highest BCUT2D eigenvalue weighted by atomic mass is 19.2. The molecule has 1 atom stereocenters. The maximum atomic E-state index is 13.9. The molecule has 1 aliphatic heterocycles. The Bertz CT molecular complexity index is 1010. The number of aryl methyl sites for hydroxylation is 1. The van der Waals surface area contributed by atoms with Crippen molar-refractivity contribution in [1.29, 1.82) is 0 Å². The van der Waals surface area contributed by atoms with Crippen molar-refractivity contribution in [2.75, 3.05) is 13.1 Å². The minimum atomic E-state index is -1.61. The molecule has 1 fully saturated rings. The highest BCUT2D eigenvalue weighted by Crippen LogP contribution is 2.32. The number of nitrogens with zero attached hydrogens (tertiary/aromatic N) is 2. The molecular formula is C20H17F3N2O. The van der Waals surface area contributed by atoms with Gasteiger partial charge in [0.05, 0.1) is 5.56 Å². The molecule has 1 saturated heterocycles. The normalized spacial score (nSPS) is 17.2. The van der Waals surface area contributed by atoms with Gasteiger partial charge in [-0.05, 0) is 36.1 Å². The van der Waals surface area contributed by atoms with Gasteiger partial charge in [-0.1, -0.05) is 18.2 Å². The van der Waals surface area contributed by atoms with E-state index in [1.165, 1.54) is 4.90 Å². The number of fused-ring (bicyclic) bond motifs is 1. The van der Waals surface area contributed by atoms with Crippen LogP contribution < -0.4 is 0 Å². The fourth-order valence-corrected chi connectivity index (χ4v) is 3.75. The Labute approximate surface area is 148 Å². The van der Waals surface area contributed by atoms with Gasteiger partial charge < -0.3 is 9.47 Å². The highest BCUT2D eigenvalue weighted by molar-refractivity contribution is 5.94. The van der Waals surface area contributed by atoms with Gasteiger partial charge in [0.1, 0.15) is 0 Å². The molecule has 134 valence electrons. The Morgan fingerprint density at radius 3 is 2.62 bits per heavy atom. The van der Waals surface area contributed by atoms with Crippen LogP contribution >= 0.6 is 0 Å². The Morgan fingerprint density at radius 2 is 1.85 bits per heavy atom. The second kappa shape index (κ2) is 6.20. The molecule has 4 rings (SSSR count). The van der Waals surface area contributed by atoms with Crippen LogP contribution in [0, 0.1) is 17.5 Å². The summed E-state index contributed by atoms with van der Waals surface area (Å²) in [5, 5.41) is 1.13. The third-order valence-electron chi connectivity index (χ3n) is 5.15. The lowest BCUT2D eigenvalue weighted by Crippen LogP contribution is -2.29. The summed E-state index contributed by atoms with van der Waals surface area (Å²) < 4.78 is 42.5. The van der Waals surface area contributed by atoms with Crippen LogP contribution in [0.15, 0.2) is 42.5 Å². The first-order valence-electron chi connectivity index (χ1n) is 8.44. The molecule has 3 nitrogen and oxygen atoms in total. The Morgan fingerprint density at radius 1 is 1.08 bits per heavy atom. The zero-order valence-corrected chi connectivity index (χ0v) is 14.2. The average Bonchev–Trinajstić information content (AvgIpc) is 3.25. The van der Waals surface area contributed by atoms with Gasteiger partial charge in [-0.25, -0.2) is 13.2 Å². The predicted molar refractivity (Wildman–Crippen MR) is 92.5 cm³/mol. The Balaban J connectivity index is 1.59. The van der Waals surface area contributed by atoms with E-state index in [-0.39, 0.29) is 5.92 Å². The van der Waals surface area contributed by atoms with E-state index in [1.807, 2.05) is 31.3 Å². The molecule has 0 saturated carbocycles. The number of aromatic nitrogens is 1. The van der Waals surface area contributed by atoms with Crippen molar-refractivity contribution in [2.45, 2.75) is 12.3 Å². The maximum absolute atomic E-state index is 13.9. The molecule has 26 heavy (non-hydrogen) atoms. The summed E-state index contributed by atoms with van der Waals surface area (Å²) in [5.74, 6) is -4.83. The summed E-state index contributed by atoms with van der Waals surface area (Å²) in [6.45, 7) is 0.866. The van der Waals surface area contributed by atoms with Crippen molar-refractivity contribution < 1.29 is 18.0 Å². The zero-order chi connectivity index (χ0) is 18.4. The number of carbonyl (C=O) groups excluding carboxylic acids is 1. The fraction of sp³-hybridized carbons (Fsp3) is 0.250. The van der Waals surface area contributed by atoms with Gasteiger partial charge >= 0.3 is 0 Å². The minimum absolute atomic E-state index is 0.115. The maximum Gasteiger partial charge on any atom is 0.256 e. The summed E-state index contributed by atoms with van der Waals surface area (Å²) in [6.07, 6.45) is 0.737. The quantitative estimate of drug-likeness (QED) is 0.630. The van der Waals surface area contributed by atoms with Crippen molar-refractivity contribution in [3.8, 4) is 0 Å². The molecule has 1 aromatic heterocycles. The van der Waals surface area contributed by atoms with Gasteiger partial charge in [0.15, 0.2) is 17.5 Å². The first-order chi connectivity index (χ1) is 12.5. The number of rotatable bonds is 2. The van der Waals surface area contributed by atoms with E-state index in [2.05, 4.69) is 10.6 Å². The first kappa shape index (κ1) is 16.7. The van der Waals surface area contributed by atoms with Crippen LogP contribution in [0.4, 0.5) is 13.2 Å². The molecular weight excluding hydrogens is 341 g/mol. The average molecular weight is 358 g/mol. The number of hydrogen-bond donors (Lipinski definition) is 0. The molecule has 2 heterocycles. The van der Waals surface area contributed by atoms with Gasteiger partial charge in [-0.3, -0.25) is 4.79 Å². The number of likely N-dealkylation sites (tertiary alicyclic amines) is 1. The van der Waals surface area contributed by atoms with Gasteiger partial charge in [0.2, 0.25) is 0 Å². The van der Waals surface area contributed by atoms with Crippen LogP contribution in [-0.2, 0) is 7.05 Å². The van der Waals surface area contributed by atoms with Crippen LogP contribution in [0.25, 0.3) is 10.9 Å². The summed E-state index contributed by atoms with van der Waals surface area (Å²) in [6, 6.07) is 11.9. The standard InChI is InChI=1S/C20H17F3N2O/c1-24-16-5-3-2-4-12(16)10-17(24)13-8-9-25(11-13)20(26)14-6-7-15(21)19(23)18(14)22/h2-7,10,13H,8-9,11H2,1H3. The van der Waals surface area contributed by atoms with Gasteiger partial charge in [0.25, 0.3) is 5.91 Å². The number of benzene rings is 2. The van der Waals surface area contributed by atoms with E-state index in [1.54, 1.807) is 0 Å². The lowest BCUT2D eigenvalue weighted by Gasteiger charge is -2.17. The molecule has 1 unspecified atom stereocenters. The molecule has 0 N–H and O–H groups in total. The second-order valence-electron chi connectivity index (χ2n) is 6.65. The van der Waals surface area contributed by atoms with Crippen LogP contribution in [0.3, 0.4) is 0 Å². The first-order valence-corrected chi connectivity index (χ1v) is 8.44. The summed E-state index contributed by atoms with van der Waals surface area (Å²) in [4.78, 5) is 14.1. The van der Waals surface area contributed by atoms with Crippen molar-refractivity contribution >= 4 is 16.8 Å². The number of amides is 1. The molecule has 1 amide bonds. The molecule has 0 radical (unpaired) electrons. The van der Waals surface area contributed by atoms with E-state index in [9.17, 15) is 18.0 Å². The lowest BCUT2D eigenvalue weighted by molar-refractivity contribution is 0.0784. The highest BCUT2D eigenvalue weighted by Gasteiger charge is 2.31. The minimum Gasteiger partial charge on any atom is -0.347 e. The van der Waals surface area contributed by atoms with Crippen molar-refractivity contribution in [3.05, 3.63) is 71.2 Å². The molecule has 2 aromatic carbocycles. The van der Waals surface area contributed by atoms with Crippen LogP contribution in [-0.4, -0.2) is 28.5 Å². The van der Waals surface area contributed by atoms with Crippen molar-refractivity contribution in [2.24, 2.45) is 7.05 Å². The van der Waals surface area contributed by atoms with Crippen LogP contribution in [0.1, 0.15) is 28.4 Å². The smallest absolute Gasteiger partial charge is 0.256 e. The van der Waals surface area contributed by atoms with E-state index in [4.69, 9.17) is 0 Å². The number of carbonyl (C=O) groups is 1. The third kappa shape index (κ3) is 2.57. The van der Waals surface area contributed by atoms with Gasteiger partial charge in [0, 0.05) is 37.3 Å².